The zero-order chi connectivity index (χ0) is 16.3. The van der Waals surface area contributed by atoms with E-state index >= 15 is 0 Å². The molecule has 0 aliphatic heterocycles. The molecule has 2 atom stereocenters. The molecule has 8 heteroatoms. The second-order valence-corrected chi connectivity index (χ2v) is 5.82. The average Bonchev–Trinajstić information content (AvgIpc) is 2.77. The second kappa shape index (κ2) is 6.68. The summed E-state index contributed by atoms with van der Waals surface area (Å²) in [6, 6.07) is 0. The summed E-state index contributed by atoms with van der Waals surface area (Å²) < 4.78 is 44.8. The van der Waals surface area contributed by atoms with Crippen molar-refractivity contribution in [2.75, 3.05) is 11.9 Å². The van der Waals surface area contributed by atoms with Gasteiger partial charge in [0.05, 0.1) is 11.8 Å². The Morgan fingerprint density at radius 1 is 1.50 bits per heavy atom. The number of halogens is 3. The third kappa shape index (κ3) is 4.46. The molecule has 1 amide bonds. The Bertz CT molecular complexity index is 528. The van der Waals surface area contributed by atoms with E-state index in [0.717, 1.165) is 36.6 Å². The number of rotatable bonds is 4. The first kappa shape index (κ1) is 16.8. The monoisotopic (exact) mass is 319 g/mol. The van der Waals surface area contributed by atoms with E-state index < -0.39 is 17.8 Å². The number of hydrogen-bond acceptors (Lipinski definition) is 3. The summed E-state index contributed by atoms with van der Waals surface area (Å²) in [5.74, 6) is -0.0475. The van der Waals surface area contributed by atoms with Crippen molar-refractivity contribution in [3.63, 3.8) is 0 Å². The number of anilines is 1. The van der Waals surface area contributed by atoms with Crippen LogP contribution in [0, 0.1) is 5.92 Å². The standard InChI is InChI=1S/C14H20F3N3O2/c1-9-4-3-5-10(6-9)22-8-12(21)18-11-7-20(2)19-13(11)14(15,16)17/h7,9-10H,3-6,8H2,1-2H3,(H,18,21)/t9-,10+/m0/s1. The largest absolute Gasteiger partial charge is 0.437 e. The van der Waals surface area contributed by atoms with Gasteiger partial charge < -0.3 is 10.1 Å². The molecule has 1 aromatic heterocycles. The van der Waals surface area contributed by atoms with Crippen LogP contribution in [0.15, 0.2) is 6.20 Å². The Hall–Kier alpha value is -1.57. The fourth-order valence-electron chi connectivity index (χ4n) is 2.70. The smallest absolute Gasteiger partial charge is 0.368 e. The molecule has 1 aromatic rings. The summed E-state index contributed by atoms with van der Waals surface area (Å²) in [5, 5.41) is 5.55. The van der Waals surface area contributed by atoms with E-state index in [1.165, 1.54) is 7.05 Å². The lowest BCUT2D eigenvalue weighted by molar-refractivity contribution is -0.140. The van der Waals surface area contributed by atoms with Crippen molar-refractivity contribution < 1.29 is 22.7 Å². The maximum atomic E-state index is 12.8. The molecule has 0 saturated heterocycles. The molecule has 0 spiro atoms. The number of carbonyl (C=O) groups is 1. The van der Waals surface area contributed by atoms with Crippen molar-refractivity contribution in [2.45, 2.75) is 44.9 Å². The van der Waals surface area contributed by atoms with Crippen LogP contribution in [-0.2, 0) is 22.8 Å². The summed E-state index contributed by atoms with van der Waals surface area (Å²) in [7, 11) is 1.37. The fraction of sp³-hybridized carbons (Fsp3) is 0.714. The van der Waals surface area contributed by atoms with Crippen LogP contribution in [0.5, 0.6) is 0 Å². The summed E-state index contributed by atoms with van der Waals surface area (Å²) >= 11 is 0. The molecular formula is C14H20F3N3O2. The van der Waals surface area contributed by atoms with E-state index in [4.69, 9.17) is 4.74 Å². The number of ether oxygens (including phenoxy) is 1. The molecule has 0 radical (unpaired) electrons. The molecule has 0 unspecified atom stereocenters. The number of aryl methyl sites for hydroxylation is 1. The van der Waals surface area contributed by atoms with Gasteiger partial charge in [-0.25, -0.2) is 0 Å². The van der Waals surface area contributed by atoms with Crippen LogP contribution < -0.4 is 5.32 Å². The van der Waals surface area contributed by atoms with Crippen molar-refractivity contribution in [2.24, 2.45) is 13.0 Å². The number of hydrogen-bond donors (Lipinski definition) is 1. The molecule has 22 heavy (non-hydrogen) atoms. The Morgan fingerprint density at radius 3 is 2.86 bits per heavy atom. The predicted molar refractivity (Wildman–Crippen MR) is 74.2 cm³/mol. The van der Waals surface area contributed by atoms with Crippen LogP contribution in [0.25, 0.3) is 0 Å². The maximum Gasteiger partial charge on any atom is 0.437 e. The number of aromatic nitrogens is 2. The van der Waals surface area contributed by atoms with Crippen LogP contribution in [-0.4, -0.2) is 28.4 Å². The van der Waals surface area contributed by atoms with E-state index in [1.54, 1.807) is 0 Å². The van der Waals surface area contributed by atoms with Gasteiger partial charge in [-0.15, -0.1) is 0 Å². The molecular weight excluding hydrogens is 299 g/mol. The number of amides is 1. The van der Waals surface area contributed by atoms with Crippen LogP contribution in [0.1, 0.15) is 38.3 Å². The second-order valence-electron chi connectivity index (χ2n) is 5.82. The molecule has 1 heterocycles. The van der Waals surface area contributed by atoms with Gasteiger partial charge in [-0.3, -0.25) is 9.48 Å². The highest BCUT2D eigenvalue weighted by Crippen LogP contribution is 2.33. The number of alkyl halides is 3. The normalized spacial score (nSPS) is 22.6. The van der Waals surface area contributed by atoms with Crippen molar-refractivity contribution in [3.8, 4) is 0 Å². The van der Waals surface area contributed by atoms with Crippen LogP contribution in [0.4, 0.5) is 18.9 Å². The van der Waals surface area contributed by atoms with Crippen molar-refractivity contribution in [1.29, 1.82) is 0 Å². The number of nitrogens with zero attached hydrogens (tertiary/aromatic N) is 2. The molecule has 0 aromatic carbocycles. The van der Waals surface area contributed by atoms with Crippen LogP contribution in [0.2, 0.25) is 0 Å². The van der Waals surface area contributed by atoms with Gasteiger partial charge in [-0.1, -0.05) is 19.8 Å². The molecule has 1 aliphatic carbocycles. The van der Waals surface area contributed by atoms with Crippen LogP contribution in [0.3, 0.4) is 0 Å². The van der Waals surface area contributed by atoms with Crippen molar-refractivity contribution in [1.82, 2.24) is 9.78 Å². The van der Waals surface area contributed by atoms with Gasteiger partial charge in [-0.05, 0) is 18.8 Å². The van der Waals surface area contributed by atoms with E-state index in [-0.39, 0.29) is 18.4 Å². The topological polar surface area (TPSA) is 56.1 Å². The molecule has 1 fully saturated rings. The molecule has 124 valence electrons. The summed E-state index contributed by atoms with van der Waals surface area (Å²) in [6.07, 6.45) is 0.495. The SMILES string of the molecule is C[C@H]1CCC[C@@H](OCC(=O)Nc2cn(C)nc2C(F)(F)F)C1. The molecule has 1 N–H and O–H groups in total. The molecule has 2 rings (SSSR count). The van der Waals surface area contributed by atoms with Gasteiger partial charge in [0.1, 0.15) is 6.61 Å². The lowest BCUT2D eigenvalue weighted by atomic mass is 9.89. The molecule has 1 saturated carbocycles. The quantitative estimate of drug-likeness (QED) is 0.928. The number of nitrogens with one attached hydrogen (secondary N) is 1. The third-order valence-corrected chi connectivity index (χ3v) is 3.71. The highest BCUT2D eigenvalue weighted by Gasteiger charge is 2.37. The van der Waals surface area contributed by atoms with Gasteiger partial charge in [0.15, 0.2) is 5.69 Å². The van der Waals surface area contributed by atoms with Gasteiger partial charge >= 0.3 is 6.18 Å². The molecule has 0 bridgehead atoms. The third-order valence-electron chi connectivity index (χ3n) is 3.71. The van der Waals surface area contributed by atoms with E-state index in [1.807, 2.05) is 0 Å². The Balaban J connectivity index is 1.90. The minimum absolute atomic E-state index is 0.00508. The highest BCUT2D eigenvalue weighted by molar-refractivity contribution is 5.92. The molecule has 5 nitrogen and oxygen atoms in total. The average molecular weight is 319 g/mol. The van der Waals surface area contributed by atoms with Gasteiger partial charge in [0.25, 0.3) is 0 Å². The Morgan fingerprint density at radius 2 is 2.23 bits per heavy atom. The summed E-state index contributed by atoms with van der Waals surface area (Å²) in [6.45, 7) is 1.88. The first-order valence-electron chi connectivity index (χ1n) is 7.28. The van der Waals surface area contributed by atoms with E-state index in [0.29, 0.717) is 5.92 Å². The zero-order valence-electron chi connectivity index (χ0n) is 12.6. The lowest BCUT2D eigenvalue weighted by Crippen LogP contribution is -2.27. The maximum absolute atomic E-state index is 12.8. The summed E-state index contributed by atoms with van der Waals surface area (Å²) in [4.78, 5) is 11.8. The lowest BCUT2D eigenvalue weighted by Gasteiger charge is -2.26. The highest BCUT2D eigenvalue weighted by atomic mass is 19.4. The van der Waals surface area contributed by atoms with E-state index in [9.17, 15) is 18.0 Å². The summed E-state index contributed by atoms with van der Waals surface area (Å²) in [5.41, 5.74) is -1.45. The van der Waals surface area contributed by atoms with Gasteiger partial charge in [0, 0.05) is 13.2 Å². The predicted octanol–water partition coefficient (Wildman–Crippen LogP) is 2.97. The van der Waals surface area contributed by atoms with Crippen molar-refractivity contribution >= 4 is 11.6 Å². The zero-order valence-corrected chi connectivity index (χ0v) is 12.6. The van der Waals surface area contributed by atoms with Crippen LogP contribution >= 0.6 is 0 Å². The number of carbonyl (C=O) groups excluding carboxylic acids is 1. The minimum atomic E-state index is -4.61. The van der Waals surface area contributed by atoms with Gasteiger partial charge in [-0.2, -0.15) is 18.3 Å². The van der Waals surface area contributed by atoms with Gasteiger partial charge in [0.2, 0.25) is 5.91 Å². The first-order chi connectivity index (χ1) is 10.3. The first-order valence-corrected chi connectivity index (χ1v) is 7.28. The Labute approximate surface area is 126 Å². The van der Waals surface area contributed by atoms with Crippen molar-refractivity contribution in [3.05, 3.63) is 11.9 Å². The fourth-order valence-corrected chi connectivity index (χ4v) is 2.70. The minimum Gasteiger partial charge on any atom is -0.368 e. The Kier molecular flexibility index (Phi) is 5.10. The van der Waals surface area contributed by atoms with E-state index in [2.05, 4.69) is 17.3 Å². The molecule has 1 aliphatic rings.